The Morgan fingerprint density at radius 1 is 0.957 bits per heavy atom. The van der Waals surface area contributed by atoms with Crippen LogP contribution < -0.4 is 9.80 Å². The van der Waals surface area contributed by atoms with E-state index < -0.39 is 0 Å². The number of pyridine rings is 1. The van der Waals surface area contributed by atoms with Crippen molar-refractivity contribution in [1.82, 2.24) is 9.55 Å². The molecule has 118 valence electrons. The minimum absolute atomic E-state index is 0.185. The summed E-state index contributed by atoms with van der Waals surface area (Å²) in [6.07, 6.45) is 3.99. The molecule has 1 aromatic carbocycles. The fourth-order valence-electron chi connectivity index (χ4n) is 3.30. The summed E-state index contributed by atoms with van der Waals surface area (Å²) in [6.45, 7) is 3.77. The maximum atomic E-state index is 13.1. The zero-order valence-corrected chi connectivity index (χ0v) is 13.1. The van der Waals surface area contributed by atoms with Gasteiger partial charge in [-0.1, -0.05) is 0 Å². The second-order valence-corrected chi connectivity index (χ2v) is 5.95. The molecule has 4 rings (SSSR count). The first-order valence-electron chi connectivity index (χ1n) is 7.88. The van der Waals surface area contributed by atoms with Crippen molar-refractivity contribution in [3.63, 3.8) is 0 Å². The van der Waals surface area contributed by atoms with Gasteiger partial charge in [0.25, 0.3) is 0 Å². The average molecular weight is 310 g/mol. The summed E-state index contributed by atoms with van der Waals surface area (Å²) in [6, 6.07) is 10.9. The molecule has 0 bridgehead atoms. The van der Waals surface area contributed by atoms with Gasteiger partial charge in [-0.05, 0) is 36.4 Å². The van der Waals surface area contributed by atoms with E-state index in [0.29, 0.717) is 0 Å². The zero-order valence-electron chi connectivity index (χ0n) is 13.1. The Labute approximate surface area is 134 Å². The van der Waals surface area contributed by atoms with Gasteiger partial charge >= 0.3 is 0 Å². The lowest BCUT2D eigenvalue weighted by Gasteiger charge is -2.37. The van der Waals surface area contributed by atoms with Crippen molar-refractivity contribution in [2.45, 2.75) is 0 Å². The molecule has 1 aliphatic heterocycles. The molecule has 0 saturated carbocycles. The molecule has 0 radical (unpaired) electrons. The molecule has 0 N–H and O–H groups in total. The van der Waals surface area contributed by atoms with Crippen LogP contribution in [-0.2, 0) is 7.05 Å². The summed E-state index contributed by atoms with van der Waals surface area (Å²) >= 11 is 0. The second-order valence-electron chi connectivity index (χ2n) is 5.95. The van der Waals surface area contributed by atoms with Crippen molar-refractivity contribution in [1.29, 1.82) is 0 Å². The SMILES string of the molecule is Cn1cc(N2CCN(c3ccc(F)cc3)CC2)c2cccnc21. The van der Waals surface area contributed by atoms with Crippen molar-refractivity contribution in [3.05, 3.63) is 54.6 Å². The van der Waals surface area contributed by atoms with Crippen LogP contribution in [0.4, 0.5) is 15.8 Å². The number of benzene rings is 1. The highest BCUT2D eigenvalue weighted by molar-refractivity contribution is 5.91. The minimum Gasteiger partial charge on any atom is -0.368 e. The molecule has 0 amide bonds. The van der Waals surface area contributed by atoms with Crippen molar-refractivity contribution in [2.24, 2.45) is 7.05 Å². The quantitative estimate of drug-likeness (QED) is 0.727. The van der Waals surface area contributed by atoms with Crippen molar-refractivity contribution < 1.29 is 4.39 Å². The number of aryl methyl sites for hydroxylation is 1. The molecule has 1 fully saturated rings. The normalized spacial score (nSPS) is 15.4. The lowest BCUT2D eigenvalue weighted by molar-refractivity contribution is 0.625. The van der Waals surface area contributed by atoms with Gasteiger partial charge in [-0.2, -0.15) is 0 Å². The lowest BCUT2D eigenvalue weighted by Crippen LogP contribution is -2.46. The van der Waals surface area contributed by atoms with Gasteiger partial charge in [-0.25, -0.2) is 9.37 Å². The average Bonchev–Trinajstić information content (AvgIpc) is 2.93. The van der Waals surface area contributed by atoms with Gasteiger partial charge in [-0.3, -0.25) is 0 Å². The van der Waals surface area contributed by atoms with E-state index in [0.717, 1.165) is 37.5 Å². The lowest BCUT2D eigenvalue weighted by atomic mass is 10.2. The van der Waals surface area contributed by atoms with Gasteiger partial charge < -0.3 is 14.4 Å². The summed E-state index contributed by atoms with van der Waals surface area (Å²) in [7, 11) is 2.04. The molecule has 0 spiro atoms. The molecule has 1 saturated heterocycles. The highest BCUT2D eigenvalue weighted by Gasteiger charge is 2.20. The van der Waals surface area contributed by atoms with Crippen LogP contribution in [0.25, 0.3) is 11.0 Å². The van der Waals surface area contributed by atoms with Crippen LogP contribution in [0.3, 0.4) is 0 Å². The molecular formula is C18H19FN4. The largest absolute Gasteiger partial charge is 0.368 e. The molecule has 3 aromatic rings. The van der Waals surface area contributed by atoms with Crippen LogP contribution in [-0.4, -0.2) is 35.7 Å². The smallest absolute Gasteiger partial charge is 0.141 e. The number of halogens is 1. The van der Waals surface area contributed by atoms with Crippen molar-refractivity contribution in [3.8, 4) is 0 Å². The molecule has 0 aliphatic carbocycles. The predicted octanol–water partition coefficient (Wildman–Crippen LogP) is 3.04. The van der Waals surface area contributed by atoms with E-state index in [1.54, 1.807) is 0 Å². The highest BCUT2D eigenvalue weighted by atomic mass is 19.1. The molecule has 0 atom stereocenters. The molecule has 5 heteroatoms. The third-order valence-corrected chi connectivity index (χ3v) is 4.52. The Morgan fingerprint density at radius 2 is 1.65 bits per heavy atom. The van der Waals surface area contributed by atoms with Crippen molar-refractivity contribution in [2.75, 3.05) is 36.0 Å². The maximum absolute atomic E-state index is 13.1. The predicted molar refractivity (Wildman–Crippen MR) is 91.5 cm³/mol. The summed E-state index contributed by atoms with van der Waals surface area (Å²) in [5.41, 5.74) is 3.35. The van der Waals surface area contributed by atoms with E-state index in [9.17, 15) is 4.39 Å². The van der Waals surface area contributed by atoms with Gasteiger partial charge in [0.2, 0.25) is 0 Å². The third kappa shape index (κ3) is 2.52. The van der Waals surface area contributed by atoms with Crippen LogP contribution in [0.2, 0.25) is 0 Å². The minimum atomic E-state index is -0.185. The number of fused-ring (bicyclic) bond motifs is 1. The fraction of sp³-hybridized carbons (Fsp3) is 0.278. The van der Waals surface area contributed by atoms with Crippen LogP contribution in [0.1, 0.15) is 0 Å². The molecule has 0 unspecified atom stereocenters. The van der Waals surface area contributed by atoms with E-state index >= 15 is 0 Å². The summed E-state index contributed by atoms with van der Waals surface area (Å²) in [5.74, 6) is -0.185. The number of hydrogen-bond acceptors (Lipinski definition) is 3. The van der Waals surface area contributed by atoms with Crippen LogP contribution in [0, 0.1) is 5.82 Å². The van der Waals surface area contributed by atoms with Gasteiger partial charge in [0.1, 0.15) is 11.5 Å². The van der Waals surface area contributed by atoms with Crippen LogP contribution in [0.15, 0.2) is 48.8 Å². The number of nitrogens with zero attached hydrogens (tertiary/aromatic N) is 4. The standard InChI is InChI=1S/C18H19FN4/c1-21-13-17(16-3-2-8-20-18(16)21)23-11-9-22(10-12-23)15-6-4-14(19)5-7-15/h2-8,13H,9-12H2,1H3. The maximum Gasteiger partial charge on any atom is 0.141 e. The number of anilines is 2. The molecule has 4 nitrogen and oxygen atoms in total. The van der Waals surface area contributed by atoms with Crippen molar-refractivity contribution >= 4 is 22.4 Å². The summed E-state index contributed by atoms with van der Waals surface area (Å²) < 4.78 is 15.1. The van der Waals surface area contributed by atoms with E-state index in [-0.39, 0.29) is 5.82 Å². The molecule has 2 aromatic heterocycles. The van der Waals surface area contributed by atoms with Crippen LogP contribution in [0.5, 0.6) is 0 Å². The highest BCUT2D eigenvalue weighted by Crippen LogP contribution is 2.28. The fourth-order valence-corrected chi connectivity index (χ4v) is 3.30. The number of piperazine rings is 1. The van der Waals surface area contributed by atoms with Crippen LogP contribution >= 0.6 is 0 Å². The Morgan fingerprint density at radius 3 is 2.39 bits per heavy atom. The van der Waals surface area contributed by atoms with Gasteiger partial charge in [-0.15, -0.1) is 0 Å². The molecular weight excluding hydrogens is 291 g/mol. The van der Waals surface area contributed by atoms with Gasteiger partial charge in [0, 0.05) is 56.7 Å². The summed E-state index contributed by atoms with van der Waals surface area (Å²) in [5, 5.41) is 1.20. The third-order valence-electron chi connectivity index (χ3n) is 4.52. The Balaban J connectivity index is 1.54. The summed E-state index contributed by atoms with van der Waals surface area (Å²) in [4.78, 5) is 9.17. The first-order valence-corrected chi connectivity index (χ1v) is 7.88. The topological polar surface area (TPSA) is 24.3 Å². The van der Waals surface area contributed by atoms with E-state index in [1.165, 1.54) is 23.2 Å². The van der Waals surface area contributed by atoms with E-state index in [4.69, 9.17) is 0 Å². The monoisotopic (exact) mass is 310 g/mol. The van der Waals surface area contributed by atoms with E-state index in [1.807, 2.05) is 31.4 Å². The second kappa shape index (κ2) is 5.57. The Hall–Kier alpha value is -2.56. The molecule has 1 aliphatic rings. The first kappa shape index (κ1) is 14.1. The number of aromatic nitrogens is 2. The Kier molecular flexibility index (Phi) is 3.41. The molecule has 3 heterocycles. The zero-order chi connectivity index (χ0) is 15.8. The number of hydrogen-bond donors (Lipinski definition) is 0. The molecule has 23 heavy (non-hydrogen) atoms. The first-order chi connectivity index (χ1) is 11.2. The number of rotatable bonds is 2. The van der Waals surface area contributed by atoms with Gasteiger partial charge in [0.15, 0.2) is 0 Å². The van der Waals surface area contributed by atoms with E-state index in [2.05, 4.69) is 31.6 Å². The van der Waals surface area contributed by atoms with Gasteiger partial charge in [0.05, 0.1) is 5.69 Å². The Bertz CT molecular complexity index is 817.